The molecule has 4 aromatic rings. The van der Waals surface area contributed by atoms with E-state index in [1.807, 2.05) is 48.7 Å². The highest BCUT2D eigenvalue weighted by Crippen LogP contribution is 2.30. The van der Waals surface area contributed by atoms with Crippen LogP contribution in [0.5, 0.6) is 0 Å². The molecule has 3 aromatic carbocycles. The van der Waals surface area contributed by atoms with Crippen LogP contribution in [0.3, 0.4) is 0 Å². The number of para-hydroxylation sites is 2. The maximum Gasteiger partial charge on any atom is 0.0708 e. The van der Waals surface area contributed by atoms with Gasteiger partial charge in [0.25, 0.3) is 0 Å². The van der Waals surface area contributed by atoms with Gasteiger partial charge in [0.05, 0.1) is 5.52 Å². The summed E-state index contributed by atoms with van der Waals surface area (Å²) in [5.74, 6) is 0. The van der Waals surface area contributed by atoms with Crippen molar-refractivity contribution >= 4 is 27.4 Å². The number of nitrogens with zero attached hydrogens (tertiary/aromatic N) is 1. The van der Waals surface area contributed by atoms with E-state index < -0.39 is 0 Å². The number of pyridine rings is 1. The molecule has 0 aliphatic heterocycles. The first kappa shape index (κ1) is 11.9. The van der Waals surface area contributed by atoms with E-state index in [4.69, 9.17) is 5.73 Å². The van der Waals surface area contributed by atoms with E-state index >= 15 is 0 Å². The van der Waals surface area contributed by atoms with E-state index in [1.54, 1.807) is 0 Å². The number of fused-ring (bicyclic) bond motifs is 3. The lowest BCUT2D eigenvalue weighted by Gasteiger charge is -2.08. The minimum Gasteiger partial charge on any atom is -0.398 e. The largest absolute Gasteiger partial charge is 0.398 e. The molecule has 100 valence electrons. The fourth-order valence-electron chi connectivity index (χ4n) is 2.80. The zero-order chi connectivity index (χ0) is 14.2. The molecular weight excluding hydrogens is 256 g/mol. The summed E-state index contributed by atoms with van der Waals surface area (Å²) < 4.78 is 0. The lowest BCUT2D eigenvalue weighted by Crippen LogP contribution is -1.89. The number of hydrogen-bond acceptors (Lipinski definition) is 2. The summed E-state index contributed by atoms with van der Waals surface area (Å²) in [6.07, 6.45) is 1.93. The van der Waals surface area contributed by atoms with Crippen molar-refractivity contribution in [1.82, 2.24) is 4.98 Å². The second-order valence-electron chi connectivity index (χ2n) is 5.16. The van der Waals surface area contributed by atoms with Crippen LogP contribution in [-0.2, 0) is 0 Å². The molecule has 0 radical (unpaired) electrons. The first-order chi connectivity index (χ1) is 10.3. The molecule has 21 heavy (non-hydrogen) atoms. The second kappa shape index (κ2) is 4.60. The van der Waals surface area contributed by atoms with Gasteiger partial charge in [-0.3, -0.25) is 4.98 Å². The third-order valence-corrected chi connectivity index (χ3v) is 3.86. The van der Waals surface area contributed by atoms with E-state index in [-0.39, 0.29) is 0 Å². The Balaban J connectivity index is 1.99. The number of benzene rings is 3. The Bertz CT molecular complexity index is 958. The van der Waals surface area contributed by atoms with Gasteiger partial charge in [0.15, 0.2) is 0 Å². The van der Waals surface area contributed by atoms with Crippen LogP contribution >= 0.6 is 0 Å². The molecule has 0 fully saturated rings. The number of anilines is 1. The Kier molecular flexibility index (Phi) is 2.61. The van der Waals surface area contributed by atoms with Crippen LogP contribution in [0.2, 0.25) is 0 Å². The topological polar surface area (TPSA) is 38.9 Å². The van der Waals surface area contributed by atoms with Gasteiger partial charge in [0, 0.05) is 28.2 Å². The average Bonchev–Trinajstić information content (AvgIpc) is 2.54. The average molecular weight is 270 g/mol. The third-order valence-electron chi connectivity index (χ3n) is 3.86. The van der Waals surface area contributed by atoms with Gasteiger partial charge in [-0.1, -0.05) is 48.5 Å². The summed E-state index contributed by atoms with van der Waals surface area (Å²) in [5, 5.41) is 3.54. The Morgan fingerprint density at radius 2 is 1.57 bits per heavy atom. The molecule has 0 bridgehead atoms. The van der Waals surface area contributed by atoms with Gasteiger partial charge in [0.1, 0.15) is 0 Å². The number of aromatic nitrogens is 1. The molecule has 2 heteroatoms. The van der Waals surface area contributed by atoms with Crippen LogP contribution in [0.4, 0.5) is 5.69 Å². The maximum absolute atomic E-state index is 6.07. The molecule has 4 rings (SSSR count). The van der Waals surface area contributed by atoms with E-state index in [0.717, 1.165) is 27.7 Å². The van der Waals surface area contributed by atoms with Crippen molar-refractivity contribution in [2.75, 3.05) is 5.73 Å². The van der Waals surface area contributed by atoms with Crippen molar-refractivity contribution in [2.24, 2.45) is 0 Å². The van der Waals surface area contributed by atoms with Gasteiger partial charge in [-0.05, 0) is 29.1 Å². The number of rotatable bonds is 1. The quantitative estimate of drug-likeness (QED) is 0.404. The first-order valence-corrected chi connectivity index (χ1v) is 6.95. The van der Waals surface area contributed by atoms with Gasteiger partial charge in [-0.15, -0.1) is 0 Å². The van der Waals surface area contributed by atoms with Crippen molar-refractivity contribution in [3.63, 3.8) is 0 Å². The van der Waals surface area contributed by atoms with Crippen LogP contribution < -0.4 is 5.73 Å². The van der Waals surface area contributed by atoms with Crippen LogP contribution in [0, 0.1) is 0 Å². The van der Waals surface area contributed by atoms with Crippen LogP contribution in [-0.4, -0.2) is 4.98 Å². The van der Waals surface area contributed by atoms with Crippen molar-refractivity contribution in [1.29, 1.82) is 0 Å². The zero-order valence-electron chi connectivity index (χ0n) is 11.5. The highest BCUT2D eigenvalue weighted by Gasteiger charge is 2.05. The summed E-state index contributed by atoms with van der Waals surface area (Å²) >= 11 is 0. The molecule has 2 nitrogen and oxygen atoms in total. The number of nitrogens with two attached hydrogens (primary N) is 1. The third kappa shape index (κ3) is 1.93. The van der Waals surface area contributed by atoms with Gasteiger partial charge in [0.2, 0.25) is 0 Å². The minimum atomic E-state index is 0.797. The number of hydrogen-bond donors (Lipinski definition) is 1. The molecule has 1 aromatic heterocycles. The van der Waals surface area contributed by atoms with E-state index in [1.165, 1.54) is 10.8 Å². The monoisotopic (exact) mass is 270 g/mol. The first-order valence-electron chi connectivity index (χ1n) is 6.95. The Morgan fingerprint density at radius 3 is 2.48 bits per heavy atom. The standard InChI is InChI=1S/C19H14N2/c20-18-7-3-1-5-16(18)13-9-10-15-14(11-13)12-21-19-8-4-2-6-17(15)19/h1-12H,20H2. The lowest BCUT2D eigenvalue weighted by molar-refractivity contribution is 1.44. The zero-order valence-corrected chi connectivity index (χ0v) is 11.5. The van der Waals surface area contributed by atoms with Crippen LogP contribution in [0.15, 0.2) is 72.9 Å². The van der Waals surface area contributed by atoms with E-state index in [0.29, 0.717) is 0 Å². The second-order valence-corrected chi connectivity index (χ2v) is 5.16. The molecule has 0 aliphatic rings. The molecule has 0 aliphatic carbocycles. The summed E-state index contributed by atoms with van der Waals surface area (Å²) in [5.41, 5.74) is 10.1. The predicted molar refractivity (Wildman–Crippen MR) is 89.1 cm³/mol. The molecule has 1 heterocycles. The predicted octanol–water partition coefficient (Wildman–Crippen LogP) is 4.64. The molecule has 0 amide bonds. The van der Waals surface area contributed by atoms with Gasteiger partial charge < -0.3 is 5.73 Å². The molecule has 0 unspecified atom stereocenters. The Labute approximate surface area is 122 Å². The highest BCUT2D eigenvalue weighted by atomic mass is 14.6. The smallest absolute Gasteiger partial charge is 0.0708 e. The lowest BCUT2D eigenvalue weighted by atomic mass is 9.99. The van der Waals surface area contributed by atoms with Crippen molar-refractivity contribution in [3.8, 4) is 11.1 Å². The van der Waals surface area contributed by atoms with Crippen molar-refractivity contribution < 1.29 is 0 Å². The Hall–Kier alpha value is -2.87. The summed E-state index contributed by atoms with van der Waals surface area (Å²) in [7, 11) is 0. The SMILES string of the molecule is Nc1ccccc1-c1ccc2c(cnc3ccccc32)c1. The van der Waals surface area contributed by atoms with Crippen LogP contribution in [0.25, 0.3) is 32.8 Å². The van der Waals surface area contributed by atoms with Gasteiger partial charge in [-0.25, -0.2) is 0 Å². The summed E-state index contributed by atoms with van der Waals surface area (Å²) in [4.78, 5) is 4.54. The Morgan fingerprint density at radius 1 is 0.762 bits per heavy atom. The number of nitrogen functional groups attached to an aromatic ring is 1. The summed E-state index contributed by atoms with van der Waals surface area (Å²) in [6.45, 7) is 0. The molecule has 0 spiro atoms. The van der Waals surface area contributed by atoms with Crippen molar-refractivity contribution in [3.05, 3.63) is 72.9 Å². The van der Waals surface area contributed by atoms with Gasteiger partial charge >= 0.3 is 0 Å². The molecule has 0 atom stereocenters. The molecule has 0 saturated carbocycles. The normalized spacial score (nSPS) is 11.0. The molecule has 2 N–H and O–H groups in total. The fourth-order valence-corrected chi connectivity index (χ4v) is 2.80. The minimum absolute atomic E-state index is 0.797. The molecular formula is C19H14N2. The summed E-state index contributed by atoms with van der Waals surface area (Å²) in [6, 6.07) is 22.6. The van der Waals surface area contributed by atoms with Crippen molar-refractivity contribution in [2.45, 2.75) is 0 Å². The van der Waals surface area contributed by atoms with E-state index in [9.17, 15) is 0 Å². The van der Waals surface area contributed by atoms with Gasteiger partial charge in [-0.2, -0.15) is 0 Å². The van der Waals surface area contributed by atoms with Crippen LogP contribution in [0.1, 0.15) is 0 Å². The van der Waals surface area contributed by atoms with E-state index in [2.05, 4.69) is 29.2 Å². The highest BCUT2D eigenvalue weighted by molar-refractivity contribution is 6.06. The fraction of sp³-hybridized carbons (Fsp3) is 0. The molecule has 0 saturated heterocycles. The maximum atomic E-state index is 6.07.